The molecule has 3 aliphatic heterocycles. The van der Waals surface area contributed by atoms with Gasteiger partial charge in [0.25, 0.3) is 6.29 Å². The van der Waals surface area contributed by atoms with E-state index < -0.39 is 109 Å². The minimum absolute atomic E-state index is 0.0229. The fourth-order valence-electron chi connectivity index (χ4n) is 7.87. The van der Waals surface area contributed by atoms with Gasteiger partial charge in [-0.2, -0.15) is 0 Å². The van der Waals surface area contributed by atoms with Crippen LogP contribution in [0.15, 0.2) is 0 Å². The quantitative estimate of drug-likeness (QED) is 0.0659. The third-order valence-electron chi connectivity index (χ3n) is 11.3. The van der Waals surface area contributed by atoms with E-state index in [4.69, 9.17) is 9.47 Å². The molecule has 1 unspecified atom stereocenters. The molecule has 4 atom stereocenters. The first-order valence-electron chi connectivity index (χ1n) is 21.4. The average molecular weight is 913 g/mol. The number of esters is 2. The van der Waals surface area contributed by atoms with Crippen molar-refractivity contribution in [2.24, 2.45) is 11.8 Å². The monoisotopic (exact) mass is 912 g/mol. The fraction of sp³-hybridized carbons (Fsp3) is 0.750. The van der Waals surface area contributed by atoms with Crippen molar-refractivity contribution in [2.75, 3.05) is 105 Å². The Morgan fingerprint density at radius 1 is 0.719 bits per heavy atom. The Kier molecular flexibility index (Phi) is 21.4. The van der Waals surface area contributed by atoms with Crippen molar-refractivity contribution in [3.8, 4) is 0 Å². The summed E-state index contributed by atoms with van der Waals surface area (Å²) in [4.78, 5) is 134. The van der Waals surface area contributed by atoms with E-state index in [1.165, 1.54) is 21.6 Å². The number of amides is 3. The lowest BCUT2D eigenvalue weighted by molar-refractivity contribution is -0.205. The Morgan fingerprint density at radius 3 is 1.66 bits per heavy atom. The molecule has 0 spiro atoms. The number of Topliss-reactive ketones (excluding diaryl/α,β-unsaturated/α-hetero) is 1. The van der Waals surface area contributed by atoms with E-state index in [1.807, 2.05) is 0 Å². The Hall–Kier alpha value is -5.30. The number of likely N-dealkylation sites (N-methyl/N-ethyl adjacent to an activating group) is 1. The molecule has 6 N–H and O–H groups in total. The summed E-state index contributed by atoms with van der Waals surface area (Å²) in [6.07, 6.45) is -1.24. The molecule has 3 fully saturated rings. The summed E-state index contributed by atoms with van der Waals surface area (Å²) in [5.41, 5.74) is 0. The highest BCUT2D eigenvalue weighted by atomic mass is 16.7. The van der Waals surface area contributed by atoms with E-state index in [9.17, 15) is 68.4 Å². The Bertz CT molecular complexity index is 1650. The van der Waals surface area contributed by atoms with Crippen LogP contribution in [-0.4, -0.2) is 239 Å². The summed E-state index contributed by atoms with van der Waals surface area (Å²) in [6.45, 7) is 4.03. The number of nitrogens with one attached hydrogen (secondary N) is 2. The van der Waals surface area contributed by atoms with Gasteiger partial charge in [-0.1, -0.05) is 13.8 Å². The number of ether oxygens (including phenoxy) is 2. The molecule has 0 aliphatic carbocycles. The van der Waals surface area contributed by atoms with Crippen molar-refractivity contribution in [1.29, 1.82) is 0 Å². The zero-order chi connectivity index (χ0) is 47.7. The lowest BCUT2D eigenvalue weighted by Crippen LogP contribution is -2.55. The van der Waals surface area contributed by atoms with Crippen molar-refractivity contribution in [2.45, 2.75) is 77.3 Å². The van der Waals surface area contributed by atoms with Crippen LogP contribution in [0.1, 0.15) is 52.9 Å². The topological polar surface area (TPSA) is 314 Å². The summed E-state index contributed by atoms with van der Waals surface area (Å²) in [5, 5.41) is 43.8. The molecule has 0 radical (unpaired) electrons. The van der Waals surface area contributed by atoms with Crippen molar-refractivity contribution in [3.63, 3.8) is 0 Å². The van der Waals surface area contributed by atoms with Crippen LogP contribution in [0.2, 0.25) is 0 Å². The number of carboxylic acids is 4. The molecule has 0 bridgehead atoms. The Morgan fingerprint density at radius 2 is 1.20 bits per heavy atom. The van der Waals surface area contributed by atoms with Crippen LogP contribution in [0.5, 0.6) is 0 Å². The number of nitrogens with zero attached hydrogens (tertiary/aromatic N) is 6. The summed E-state index contributed by atoms with van der Waals surface area (Å²) in [5.74, 6) is -9.43. The third kappa shape index (κ3) is 18.1. The first-order chi connectivity index (χ1) is 30.1. The predicted octanol–water partition coefficient (Wildman–Crippen LogP) is -3.10. The first kappa shape index (κ1) is 53.0. The van der Waals surface area contributed by atoms with Crippen molar-refractivity contribution >= 4 is 59.3 Å². The molecular formula is C40H64N8O16. The summed E-state index contributed by atoms with van der Waals surface area (Å²) in [6, 6.07) is -3.09. The van der Waals surface area contributed by atoms with E-state index in [0.717, 1.165) is 0 Å². The number of ketones is 1. The van der Waals surface area contributed by atoms with Crippen LogP contribution in [0, 0.1) is 11.8 Å². The molecule has 0 aromatic heterocycles. The molecule has 0 saturated carbocycles. The molecule has 0 aromatic rings. The van der Waals surface area contributed by atoms with E-state index in [1.54, 1.807) is 35.6 Å². The average Bonchev–Trinajstić information content (AvgIpc) is 3.67. The van der Waals surface area contributed by atoms with Gasteiger partial charge < -0.3 is 45.4 Å². The second kappa shape index (κ2) is 25.9. The summed E-state index contributed by atoms with van der Waals surface area (Å²) in [7, 11) is 1.56. The largest absolute Gasteiger partial charge is 0.480 e. The molecule has 64 heavy (non-hydrogen) atoms. The van der Waals surface area contributed by atoms with Gasteiger partial charge in [-0.3, -0.25) is 72.4 Å². The molecule has 3 aliphatic rings. The Balaban J connectivity index is 1.59. The van der Waals surface area contributed by atoms with Gasteiger partial charge in [-0.25, -0.2) is 0 Å². The normalized spacial score (nSPS) is 21.2. The van der Waals surface area contributed by atoms with Gasteiger partial charge in [-0.15, -0.1) is 0 Å². The van der Waals surface area contributed by atoms with Crippen molar-refractivity contribution in [1.82, 2.24) is 40.0 Å². The summed E-state index contributed by atoms with van der Waals surface area (Å²) < 4.78 is 10.8. The SMILES string of the molecule is CC(C)[C@H](CC(=O)CNC(=O)CC[C@H](C(=O)O)N1CCN(CC(=O)O)CCN(CC(=O)O)CCN(CC(=O)O)CC1)C(=O)N[C@H](C)C(=O)N1CCCC1C1OC(=O)CN(C)CC(=O)O1. The number of rotatable bonds is 20. The number of hydrogen-bond acceptors (Lipinski definition) is 17. The highest BCUT2D eigenvalue weighted by molar-refractivity contribution is 5.93. The smallest absolute Gasteiger partial charge is 0.323 e. The molecule has 360 valence electrons. The third-order valence-corrected chi connectivity index (χ3v) is 11.3. The number of cyclic esters (lactones) is 2. The lowest BCUT2D eigenvalue weighted by atomic mass is 9.89. The maximum absolute atomic E-state index is 13.6. The molecule has 3 amide bonds. The highest BCUT2D eigenvalue weighted by Gasteiger charge is 2.42. The number of carboxylic acid groups (broad SMARTS) is 4. The van der Waals surface area contributed by atoms with E-state index in [0.29, 0.717) is 12.8 Å². The van der Waals surface area contributed by atoms with Crippen molar-refractivity contribution < 1.29 is 77.8 Å². The standard InChI is InChI=1S/C40H64N8O16/c1-25(2)28(37(59)42-26(3)38(60)48-9-5-6-30(48)40-63-35(57)23-43(4)24-36(58)64-40)18-27(49)19-41-31(50)8-7-29(39(61)62)47-16-14-45(21-33(53)54)12-10-44(20-32(51)52)11-13-46(15-17-47)22-34(55)56/h25-26,28-30,40H,5-24H2,1-4H3,(H,41,50)(H,42,59)(H,51,52)(H,53,54)(H,55,56)(H,61,62)/t26-,28+,29-,30?/m1/s1. The minimum atomic E-state index is -1.31. The maximum atomic E-state index is 13.6. The maximum Gasteiger partial charge on any atom is 0.323 e. The first-order valence-corrected chi connectivity index (χ1v) is 21.4. The van der Waals surface area contributed by atoms with Crippen LogP contribution in [0.3, 0.4) is 0 Å². The molecule has 24 nitrogen and oxygen atoms in total. The van der Waals surface area contributed by atoms with Gasteiger partial charge in [0, 0.05) is 77.7 Å². The summed E-state index contributed by atoms with van der Waals surface area (Å²) >= 11 is 0. The second-order valence-electron chi connectivity index (χ2n) is 16.8. The molecule has 3 heterocycles. The van der Waals surface area contributed by atoms with Gasteiger partial charge in [-0.05, 0) is 39.2 Å². The number of carbonyl (C=O) groups excluding carboxylic acids is 6. The van der Waals surface area contributed by atoms with Gasteiger partial charge in [0.05, 0.1) is 39.3 Å². The van der Waals surface area contributed by atoms with Gasteiger partial charge in [0.2, 0.25) is 17.7 Å². The van der Waals surface area contributed by atoms with E-state index >= 15 is 0 Å². The highest BCUT2D eigenvalue weighted by Crippen LogP contribution is 2.25. The number of hydrogen-bond donors (Lipinski definition) is 6. The van der Waals surface area contributed by atoms with Crippen LogP contribution in [0.4, 0.5) is 0 Å². The van der Waals surface area contributed by atoms with Crippen LogP contribution >= 0.6 is 0 Å². The molecule has 3 rings (SSSR count). The molecule has 0 aromatic carbocycles. The predicted molar refractivity (Wildman–Crippen MR) is 221 cm³/mol. The van der Waals surface area contributed by atoms with Crippen LogP contribution in [0.25, 0.3) is 0 Å². The van der Waals surface area contributed by atoms with Gasteiger partial charge in [0.1, 0.15) is 18.1 Å². The molecular weight excluding hydrogens is 848 g/mol. The zero-order valence-electron chi connectivity index (χ0n) is 37.0. The molecule has 3 saturated heterocycles. The van der Waals surface area contributed by atoms with Crippen LogP contribution < -0.4 is 10.6 Å². The molecule has 24 heteroatoms. The van der Waals surface area contributed by atoms with Crippen LogP contribution in [-0.2, 0) is 57.4 Å². The minimum Gasteiger partial charge on any atom is -0.480 e. The number of carbonyl (C=O) groups is 10. The fourth-order valence-corrected chi connectivity index (χ4v) is 7.87. The lowest BCUT2D eigenvalue weighted by Gasteiger charge is -2.35. The van der Waals surface area contributed by atoms with E-state index in [-0.39, 0.29) is 104 Å². The van der Waals surface area contributed by atoms with Gasteiger partial charge >= 0.3 is 35.8 Å². The second-order valence-corrected chi connectivity index (χ2v) is 16.8. The van der Waals surface area contributed by atoms with Crippen molar-refractivity contribution in [3.05, 3.63) is 0 Å². The van der Waals surface area contributed by atoms with Gasteiger partial charge in [0.15, 0.2) is 5.78 Å². The Labute approximate surface area is 371 Å². The number of likely N-dealkylation sites (tertiary alicyclic amines) is 1. The van der Waals surface area contributed by atoms with E-state index in [2.05, 4.69) is 10.6 Å². The number of aliphatic carboxylic acids is 4. The zero-order valence-corrected chi connectivity index (χ0v) is 37.0.